The van der Waals surface area contributed by atoms with Gasteiger partial charge >= 0.3 is 6.43 Å². The predicted molar refractivity (Wildman–Crippen MR) is 122 cm³/mol. The number of aromatic nitrogens is 2. The van der Waals surface area contributed by atoms with Gasteiger partial charge < -0.3 is 19.4 Å². The van der Waals surface area contributed by atoms with Crippen LogP contribution in [-0.4, -0.2) is 64.4 Å². The second-order valence-electron chi connectivity index (χ2n) is 9.18. The van der Waals surface area contributed by atoms with E-state index >= 15 is 8.78 Å². The van der Waals surface area contributed by atoms with Crippen LogP contribution in [0.5, 0.6) is 0 Å². The highest BCUT2D eigenvalue weighted by Crippen LogP contribution is 2.32. The van der Waals surface area contributed by atoms with Gasteiger partial charge in [0, 0.05) is 37.3 Å². The number of ether oxygens (including phenoxy) is 1. The number of halogens is 4. The van der Waals surface area contributed by atoms with E-state index < -0.39 is 41.5 Å². The number of hydrogen-bond acceptors (Lipinski definition) is 4. The summed E-state index contributed by atoms with van der Waals surface area (Å²) in [6.45, 7) is 1.85. The summed E-state index contributed by atoms with van der Waals surface area (Å²) in [6.07, 6.45) is -0.373. The van der Waals surface area contributed by atoms with Crippen LogP contribution >= 0.6 is 0 Å². The first-order valence-corrected chi connectivity index (χ1v) is 11.7. The van der Waals surface area contributed by atoms with Crippen molar-refractivity contribution in [1.29, 1.82) is 0 Å². The fourth-order valence-electron chi connectivity index (χ4n) is 4.42. The Morgan fingerprint density at radius 2 is 1.92 bits per heavy atom. The molecule has 3 aromatic rings. The van der Waals surface area contributed by atoms with Crippen LogP contribution in [0.2, 0.25) is 0 Å². The van der Waals surface area contributed by atoms with Gasteiger partial charge in [0.1, 0.15) is 17.3 Å². The monoisotopic (exact) mass is 504 g/mol. The number of fused-ring (bicyclic) bond motifs is 1. The van der Waals surface area contributed by atoms with E-state index in [-0.39, 0.29) is 43.4 Å². The van der Waals surface area contributed by atoms with Crippen LogP contribution in [0.25, 0.3) is 16.9 Å². The Balaban J connectivity index is 1.52. The molecule has 1 aliphatic carbocycles. The normalized spacial score (nSPS) is 18.2. The fourth-order valence-corrected chi connectivity index (χ4v) is 4.42. The lowest BCUT2D eigenvalue weighted by Gasteiger charge is -2.32. The molecule has 2 aromatic heterocycles. The number of pyridine rings is 1. The highest BCUT2D eigenvalue weighted by molar-refractivity contribution is 5.95. The minimum Gasteiger partial charge on any atom is -0.374 e. The summed E-state index contributed by atoms with van der Waals surface area (Å²) >= 11 is 0. The van der Waals surface area contributed by atoms with Crippen LogP contribution in [0.4, 0.5) is 17.6 Å². The molecule has 0 unspecified atom stereocenters. The van der Waals surface area contributed by atoms with E-state index in [1.54, 1.807) is 22.7 Å². The second kappa shape index (κ2) is 9.53. The fraction of sp³-hybridized carbons (Fsp3) is 0.400. The molecule has 2 amide bonds. The van der Waals surface area contributed by atoms with Gasteiger partial charge in [0.05, 0.1) is 29.7 Å². The smallest absolute Gasteiger partial charge is 0.315 e. The van der Waals surface area contributed by atoms with Crippen LogP contribution in [-0.2, 0) is 16.0 Å². The number of morpholine rings is 1. The van der Waals surface area contributed by atoms with Crippen molar-refractivity contribution in [2.24, 2.45) is 0 Å². The summed E-state index contributed by atoms with van der Waals surface area (Å²) in [7, 11) is 0. The van der Waals surface area contributed by atoms with Crippen molar-refractivity contribution in [1.82, 2.24) is 19.6 Å². The highest BCUT2D eigenvalue weighted by Gasteiger charge is 2.32. The number of hydrogen-bond donors (Lipinski definition) is 1. The molecule has 11 heteroatoms. The van der Waals surface area contributed by atoms with Crippen LogP contribution < -0.4 is 5.32 Å². The van der Waals surface area contributed by atoms with Crippen molar-refractivity contribution >= 4 is 17.5 Å². The first-order valence-electron chi connectivity index (χ1n) is 11.7. The molecule has 1 atom stereocenters. The van der Waals surface area contributed by atoms with E-state index in [2.05, 4.69) is 10.3 Å². The molecule has 1 aliphatic heterocycles. The molecule has 2 fully saturated rings. The number of nitrogens with one attached hydrogen (secondary N) is 1. The number of nitrogens with zero attached hydrogens (tertiary/aromatic N) is 3. The third-order valence-corrected chi connectivity index (χ3v) is 6.39. The molecule has 1 saturated heterocycles. The molecule has 5 rings (SSSR count). The number of carbonyl (C=O) groups is 2. The van der Waals surface area contributed by atoms with E-state index in [1.165, 1.54) is 0 Å². The van der Waals surface area contributed by atoms with Crippen molar-refractivity contribution < 1.29 is 31.9 Å². The molecule has 0 spiro atoms. The molecular weight excluding hydrogens is 480 g/mol. The minimum absolute atomic E-state index is 0.0191. The standard InChI is InChI=1S/C25H24F4N4O3/c1-13-4-5-33-19(11-16-12-32(6-7-36-16)25(35)23(28)29)22(31-20(33)8-13)21-17(26)9-14(10-18(21)27)24(34)30-15-2-3-15/h4-5,8-10,15-16,23H,2-3,6-7,11-12H2,1H3,(H,30,34)/t16-/m0/s1. The number of carbonyl (C=O) groups excluding carboxylic acids is 2. The average molecular weight is 504 g/mol. The van der Waals surface area contributed by atoms with Crippen molar-refractivity contribution in [3.63, 3.8) is 0 Å². The van der Waals surface area contributed by atoms with Gasteiger partial charge in [-0.05, 0) is 49.6 Å². The topological polar surface area (TPSA) is 75.9 Å². The third-order valence-electron chi connectivity index (χ3n) is 6.39. The Bertz CT molecular complexity index is 1320. The molecule has 7 nitrogen and oxygen atoms in total. The van der Waals surface area contributed by atoms with Gasteiger partial charge in [-0.2, -0.15) is 8.78 Å². The first kappa shape index (κ1) is 24.2. The SMILES string of the molecule is Cc1ccn2c(C[C@H]3CN(C(=O)C(F)F)CCO3)c(-c3c(F)cc(C(=O)NC4CC4)cc3F)nc2c1. The quantitative estimate of drug-likeness (QED) is 0.522. The van der Waals surface area contributed by atoms with E-state index in [0.29, 0.717) is 11.3 Å². The number of aryl methyl sites for hydroxylation is 1. The van der Waals surface area contributed by atoms with Crippen molar-refractivity contribution in [2.75, 3.05) is 19.7 Å². The number of imidazole rings is 1. The van der Waals surface area contributed by atoms with Gasteiger partial charge in [-0.1, -0.05) is 0 Å². The molecule has 1 N–H and O–H groups in total. The zero-order valence-corrected chi connectivity index (χ0v) is 19.4. The van der Waals surface area contributed by atoms with Gasteiger partial charge in [0.15, 0.2) is 0 Å². The summed E-state index contributed by atoms with van der Waals surface area (Å²) in [5.41, 5.74) is 1.20. The van der Waals surface area contributed by atoms with E-state index in [1.807, 2.05) is 6.92 Å². The first-order chi connectivity index (χ1) is 17.2. The van der Waals surface area contributed by atoms with Gasteiger partial charge in [0.25, 0.3) is 11.8 Å². The van der Waals surface area contributed by atoms with Gasteiger partial charge in [0.2, 0.25) is 0 Å². The maximum absolute atomic E-state index is 15.3. The Morgan fingerprint density at radius 3 is 2.58 bits per heavy atom. The molecule has 1 aromatic carbocycles. The number of benzene rings is 1. The van der Waals surface area contributed by atoms with E-state index in [4.69, 9.17) is 4.74 Å². The van der Waals surface area contributed by atoms with E-state index in [0.717, 1.165) is 35.4 Å². The lowest BCUT2D eigenvalue weighted by Crippen LogP contribution is -2.48. The minimum atomic E-state index is -3.13. The predicted octanol–water partition coefficient (Wildman–Crippen LogP) is 3.52. The molecule has 36 heavy (non-hydrogen) atoms. The Morgan fingerprint density at radius 1 is 1.19 bits per heavy atom. The number of amides is 2. The maximum Gasteiger partial charge on any atom is 0.315 e. The second-order valence-corrected chi connectivity index (χ2v) is 9.18. The van der Waals surface area contributed by atoms with Gasteiger partial charge in [-0.3, -0.25) is 9.59 Å². The third kappa shape index (κ3) is 4.79. The molecule has 3 heterocycles. The highest BCUT2D eigenvalue weighted by atomic mass is 19.3. The molecule has 0 bridgehead atoms. The summed E-state index contributed by atoms with van der Waals surface area (Å²) in [5, 5.41) is 2.70. The maximum atomic E-state index is 15.3. The lowest BCUT2D eigenvalue weighted by atomic mass is 10.0. The zero-order valence-electron chi connectivity index (χ0n) is 19.4. The summed E-state index contributed by atoms with van der Waals surface area (Å²) < 4.78 is 63.8. The van der Waals surface area contributed by atoms with Crippen LogP contribution in [0.15, 0.2) is 30.5 Å². The lowest BCUT2D eigenvalue weighted by molar-refractivity contribution is -0.150. The molecule has 190 valence electrons. The van der Waals surface area contributed by atoms with Crippen LogP contribution in [0.1, 0.15) is 34.5 Å². The van der Waals surface area contributed by atoms with Gasteiger partial charge in [-0.15, -0.1) is 0 Å². The number of rotatable bonds is 6. The largest absolute Gasteiger partial charge is 0.374 e. The van der Waals surface area contributed by atoms with Crippen LogP contribution in [0, 0.1) is 18.6 Å². The molecule has 2 aliphatic rings. The van der Waals surface area contributed by atoms with Crippen molar-refractivity contribution in [2.45, 2.75) is 44.8 Å². The summed E-state index contributed by atoms with van der Waals surface area (Å²) in [5.74, 6) is -3.73. The molecular formula is C25H24F4N4O3. The average Bonchev–Trinajstić information content (AvgIpc) is 3.59. The molecule has 1 saturated carbocycles. The van der Waals surface area contributed by atoms with E-state index in [9.17, 15) is 18.4 Å². The van der Waals surface area contributed by atoms with Crippen molar-refractivity contribution in [3.8, 4) is 11.3 Å². The Labute approximate surface area is 204 Å². The molecule has 0 radical (unpaired) electrons. The Hall–Kier alpha value is -3.47. The van der Waals surface area contributed by atoms with Gasteiger partial charge in [-0.25, -0.2) is 13.8 Å². The zero-order chi connectivity index (χ0) is 25.6. The summed E-state index contributed by atoms with van der Waals surface area (Å²) in [6, 6.07) is 5.54. The van der Waals surface area contributed by atoms with Crippen LogP contribution in [0.3, 0.4) is 0 Å². The summed E-state index contributed by atoms with van der Waals surface area (Å²) in [4.78, 5) is 29.6. The van der Waals surface area contributed by atoms with Crippen molar-refractivity contribution in [3.05, 3.63) is 58.9 Å². The number of alkyl halides is 2. The Kier molecular flexibility index (Phi) is 6.42.